The SMILES string of the molecule is COC(=O)c1ccc(NC(=O)Cn2c(-c3ccncc3)nc3ccccc32)cc1. The lowest BCUT2D eigenvalue weighted by molar-refractivity contribution is -0.116. The number of carbonyl (C=O) groups excluding carboxylic acids is 2. The number of ether oxygens (including phenoxy) is 1. The van der Waals surface area contributed by atoms with Crippen LogP contribution in [0.5, 0.6) is 0 Å². The Labute approximate surface area is 167 Å². The largest absolute Gasteiger partial charge is 0.465 e. The summed E-state index contributed by atoms with van der Waals surface area (Å²) in [6.07, 6.45) is 3.39. The molecule has 0 radical (unpaired) electrons. The lowest BCUT2D eigenvalue weighted by Gasteiger charge is -2.10. The first kappa shape index (κ1) is 18.4. The van der Waals surface area contributed by atoms with Gasteiger partial charge in [-0.25, -0.2) is 9.78 Å². The monoisotopic (exact) mass is 386 g/mol. The predicted octanol–water partition coefficient (Wildman–Crippen LogP) is 3.52. The third kappa shape index (κ3) is 3.84. The molecule has 0 spiro atoms. The van der Waals surface area contributed by atoms with Crippen LogP contribution in [0.1, 0.15) is 10.4 Å². The van der Waals surface area contributed by atoms with E-state index >= 15 is 0 Å². The van der Waals surface area contributed by atoms with Crippen LogP contribution >= 0.6 is 0 Å². The summed E-state index contributed by atoms with van der Waals surface area (Å²) in [6, 6.07) is 18.0. The predicted molar refractivity (Wildman–Crippen MR) is 109 cm³/mol. The molecule has 2 aromatic heterocycles. The molecule has 7 nitrogen and oxygen atoms in total. The van der Waals surface area contributed by atoms with Gasteiger partial charge in [0.25, 0.3) is 0 Å². The second-order valence-electron chi connectivity index (χ2n) is 6.36. The maximum absolute atomic E-state index is 12.7. The molecule has 0 fully saturated rings. The summed E-state index contributed by atoms with van der Waals surface area (Å²) >= 11 is 0. The molecule has 0 saturated heterocycles. The summed E-state index contributed by atoms with van der Waals surface area (Å²) in [7, 11) is 1.33. The van der Waals surface area contributed by atoms with E-state index in [1.807, 2.05) is 41.0 Å². The Hall–Kier alpha value is -4.00. The number of nitrogens with one attached hydrogen (secondary N) is 1. The third-order valence-corrected chi connectivity index (χ3v) is 4.48. The van der Waals surface area contributed by atoms with E-state index in [4.69, 9.17) is 0 Å². The van der Waals surface area contributed by atoms with Gasteiger partial charge in [0, 0.05) is 23.6 Å². The van der Waals surface area contributed by atoms with Gasteiger partial charge in [0.15, 0.2) is 0 Å². The number of benzene rings is 2. The Bertz CT molecular complexity index is 1170. The minimum absolute atomic E-state index is 0.0942. The third-order valence-electron chi connectivity index (χ3n) is 4.48. The van der Waals surface area contributed by atoms with Crippen LogP contribution < -0.4 is 5.32 Å². The molecule has 0 aliphatic heterocycles. The number of hydrogen-bond acceptors (Lipinski definition) is 5. The zero-order valence-electron chi connectivity index (χ0n) is 15.7. The van der Waals surface area contributed by atoms with E-state index in [1.54, 1.807) is 36.7 Å². The van der Waals surface area contributed by atoms with Crippen LogP contribution in [-0.2, 0) is 16.1 Å². The molecule has 0 unspecified atom stereocenters. The van der Waals surface area contributed by atoms with Crippen molar-refractivity contribution in [3.05, 3.63) is 78.6 Å². The highest BCUT2D eigenvalue weighted by atomic mass is 16.5. The number of nitrogens with zero attached hydrogens (tertiary/aromatic N) is 3. The van der Waals surface area contributed by atoms with Crippen LogP contribution in [0.25, 0.3) is 22.4 Å². The highest BCUT2D eigenvalue weighted by molar-refractivity contribution is 5.94. The lowest BCUT2D eigenvalue weighted by atomic mass is 10.2. The van der Waals surface area contributed by atoms with Crippen molar-refractivity contribution in [1.29, 1.82) is 0 Å². The van der Waals surface area contributed by atoms with Gasteiger partial charge in [-0.05, 0) is 48.5 Å². The van der Waals surface area contributed by atoms with Crippen molar-refractivity contribution in [3.63, 3.8) is 0 Å². The quantitative estimate of drug-likeness (QED) is 0.531. The van der Waals surface area contributed by atoms with Gasteiger partial charge in [-0.15, -0.1) is 0 Å². The molecule has 0 bridgehead atoms. The number of methoxy groups -OCH3 is 1. The molecule has 4 aromatic rings. The number of imidazole rings is 1. The minimum atomic E-state index is -0.422. The number of fused-ring (bicyclic) bond motifs is 1. The lowest BCUT2D eigenvalue weighted by Crippen LogP contribution is -2.19. The summed E-state index contributed by atoms with van der Waals surface area (Å²) in [5.74, 6) is 0.0776. The van der Waals surface area contributed by atoms with Crippen molar-refractivity contribution in [2.24, 2.45) is 0 Å². The molecule has 1 amide bonds. The first-order chi connectivity index (χ1) is 14.2. The second-order valence-corrected chi connectivity index (χ2v) is 6.36. The number of rotatable bonds is 5. The summed E-state index contributed by atoms with van der Waals surface area (Å²) in [5.41, 5.74) is 3.58. The molecule has 144 valence electrons. The van der Waals surface area contributed by atoms with Gasteiger partial charge in [-0.3, -0.25) is 9.78 Å². The maximum Gasteiger partial charge on any atom is 0.337 e. The average molecular weight is 386 g/mol. The summed E-state index contributed by atoms with van der Waals surface area (Å²) in [6.45, 7) is 0.0942. The Balaban J connectivity index is 1.60. The number of carbonyl (C=O) groups is 2. The highest BCUT2D eigenvalue weighted by Crippen LogP contribution is 2.24. The highest BCUT2D eigenvalue weighted by Gasteiger charge is 2.15. The molecule has 4 rings (SSSR count). The fraction of sp³-hybridized carbons (Fsp3) is 0.0909. The number of amides is 1. The van der Waals surface area contributed by atoms with Gasteiger partial charge in [0.1, 0.15) is 12.4 Å². The van der Waals surface area contributed by atoms with Gasteiger partial charge < -0.3 is 14.6 Å². The molecule has 1 N–H and O–H groups in total. The van der Waals surface area contributed by atoms with Gasteiger partial charge >= 0.3 is 5.97 Å². The Morgan fingerprint density at radius 2 is 1.72 bits per heavy atom. The van der Waals surface area contributed by atoms with Crippen molar-refractivity contribution in [2.45, 2.75) is 6.54 Å². The fourth-order valence-electron chi connectivity index (χ4n) is 3.11. The van der Waals surface area contributed by atoms with Gasteiger partial charge in [-0.1, -0.05) is 12.1 Å². The van der Waals surface area contributed by atoms with E-state index in [2.05, 4.69) is 20.0 Å². The molecule has 0 atom stereocenters. The molecular formula is C22H18N4O3. The van der Waals surface area contributed by atoms with Crippen LogP contribution in [0.15, 0.2) is 73.1 Å². The first-order valence-electron chi connectivity index (χ1n) is 8.99. The Morgan fingerprint density at radius 3 is 2.45 bits per heavy atom. The molecule has 7 heteroatoms. The molecular weight excluding hydrogens is 368 g/mol. The summed E-state index contributed by atoms with van der Waals surface area (Å²) in [4.78, 5) is 33.0. The normalized spacial score (nSPS) is 10.7. The number of pyridine rings is 1. The van der Waals surface area contributed by atoms with E-state index in [-0.39, 0.29) is 12.5 Å². The molecule has 29 heavy (non-hydrogen) atoms. The minimum Gasteiger partial charge on any atom is -0.465 e. The number of esters is 1. The Kier molecular flexibility index (Phi) is 5.03. The van der Waals surface area contributed by atoms with Crippen molar-refractivity contribution >= 4 is 28.6 Å². The van der Waals surface area contributed by atoms with Crippen LogP contribution in [0, 0.1) is 0 Å². The van der Waals surface area contributed by atoms with E-state index in [0.717, 1.165) is 16.6 Å². The molecule has 2 aromatic carbocycles. The summed E-state index contributed by atoms with van der Waals surface area (Å²) in [5, 5.41) is 2.86. The van der Waals surface area contributed by atoms with E-state index < -0.39 is 5.97 Å². The van der Waals surface area contributed by atoms with Crippen molar-refractivity contribution in [3.8, 4) is 11.4 Å². The smallest absolute Gasteiger partial charge is 0.337 e. The first-order valence-corrected chi connectivity index (χ1v) is 8.99. The molecule has 0 aliphatic carbocycles. The van der Waals surface area contributed by atoms with Gasteiger partial charge in [0.05, 0.1) is 23.7 Å². The Morgan fingerprint density at radius 1 is 1.00 bits per heavy atom. The van der Waals surface area contributed by atoms with Crippen LogP contribution in [0.3, 0.4) is 0 Å². The van der Waals surface area contributed by atoms with E-state index in [0.29, 0.717) is 17.1 Å². The fourth-order valence-corrected chi connectivity index (χ4v) is 3.11. The van der Waals surface area contributed by atoms with Gasteiger partial charge in [0.2, 0.25) is 5.91 Å². The molecule has 0 aliphatic rings. The van der Waals surface area contributed by atoms with E-state index in [9.17, 15) is 9.59 Å². The van der Waals surface area contributed by atoms with Crippen molar-refractivity contribution < 1.29 is 14.3 Å². The number of hydrogen-bond donors (Lipinski definition) is 1. The van der Waals surface area contributed by atoms with Crippen molar-refractivity contribution in [2.75, 3.05) is 12.4 Å². The second kappa shape index (κ2) is 7.93. The number of aromatic nitrogens is 3. The zero-order chi connectivity index (χ0) is 20.2. The van der Waals surface area contributed by atoms with Crippen molar-refractivity contribution in [1.82, 2.24) is 14.5 Å². The molecule has 0 saturated carbocycles. The van der Waals surface area contributed by atoms with E-state index in [1.165, 1.54) is 7.11 Å². The van der Waals surface area contributed by atoms with Crippen LogP contribution in [0.2, 0.25) is 0 Å². The average Bonchev–Trinajstić information content (AvgIpc) is 3.12. The number of anilines is 1. The topological polar surface area (TPSA) is 86.1 Å². The zero-order valence-corrected chi connectivity index (χ0v) is 15.7. The number of para-hydroxylation sites is 2. The summed E-state index contributed by atoms with van der Waals surface area (Å²) < 4.78 is 6.56. The standard InChI is InChI=1S/C22H18N4O3/c1-29-22(28)16-6-8-17(9-7-16)24-20(27)14-26-19-5-3-2-4-18(19)25-21(26)15-10-12-23-13-11-15/h2-13H,14H2,1H3,(H,24,27). The van der Waals surface area contributed by atoms with Crippen LogP contribution in [-0.4, -0.2) is 33.5 Å². The van der Waals surface area contributed by atoms with Crippen LogP contribution in [0.4, 0.5) is 5.69 Å². The van der Waals surface area contributed by atoms with Gasteiger partial charge in [-0.2, -0.15) is 0 Å². The molecule has 2 heterocycles. The maximum atomic E-state index is 12.7.